The Labute approximate surface area is 585 Å². The molecule has 2 heterocycles. The molecule has 0 radical (unpaired) electrons. The van der Waals surface area contributed by atoms with Crippen LogP contribution in [0.25, 0.3) is 0 Å². The summed E-state index contributed by atoms with van der Waals surface area (Å²) in [6.45, 7) is 3.42. The van der Waals surface area contributed by atoms with Crippen LogP contribution in [-0.2, 0) is 61.2 Å². The first-order chi connectivity index (χ1) is 47.3. The van der Waals surface area contributed by atoms with Crippen LogP contribution in [-0.4, -0.2) is 204 Å². The number of allylic oxidation sites excluding steroid dienone is 4. The molecular weight excluding hydrogens is 1290 g/mol. The maximum atomic E-state index is 14.3. The fourth-order valence-corrected chi connectivity index (χ4v) is 13.4. The lowest BCUT2D eigenvalue weighted by Gasteiger charge is -2.49. The van der Waals surface area contributed by atoms with Crippen LogP contribution in [0.15, 0.2) is 24.3 Å². The molecule has 98 heavy (non-hydrogen) atoms. The molecule has 0 aromatic carbocycles. The van der Waals surface area contributed by atoms with E-state index in [-0.39, 0.29) is 19.3 Å². The summed E-state index contributed by atoms with van der Waals surface area (Å²) in [6, 6.07) is 0. The second-order valence-corrected chi connectivity index (χ2v) is 28.8. The normalized spacial score (nSPS) is 27.7. The summed E-state index contributed by atoms with van der Waals surface area (Å²) >= 11 is 0. The van der Waals surface area contributed by atoms with E-state index in [1.165, 1.54) is 135 Å². The van der Waals surface area contributed by atoms with E-state index in [4.69, 9.17) is 42.2 Å². The minimum atomic E-state index is -5.70. The van der Waals surface area contributed by atoms with E-state index in [0.717, 1.165) is 96.3 Å². The van der Waals surface area contributed by atoms with Crippen LogP contribution in [0.4, 0.5) is 0 Å². The van der Waals surface area contributed by atoms with Gasteiger partial charge in [0.2, 0.25) is 0 Å². The minimum Gasteiger partial charge on any atom is -0.463 e. The zero-order chi connectivity index (χ0) is 71.8. The molecule has 25 heteroatoms. The number of aliphatic hydroxyl groups excluding tert-OH is 10. The Bertz CT molecular complexity index is 2120. The number of phosphoric acid groups is 1. The quantitative estimate of drug-likeness (QED) is 0.00886. The Kier molecular flexibility index (Phi) is 50.3. The van der Waals surface area contributed by atoms with E-state index in [9.17, 15) is 74.9 Å². The third-order valence-corrected chi connectivity index (χ3v) is 19.7. The highest BCUT2D eigenvalue weighted by Gasteiger charge is 2.58. The van der Waals surface area contributed by atoms with Crippen molar-refractivity contribution in [3.05, 3.63) is 24.3 Å². The molecule has 1 saturated carbocycles. The van der Waals surface area contributed by atoms with E-state index >= 15 is 0 Å². The molecule has 24 nitrogen and oxygen atoms in total. The average Bonchev–Trinajstić information content (AvgIpc) is 0.763. The number of carbonyl (C=O) groups excluding carboxylic acids is 3. The summed E-state index contributed by atoms with van der Waals surface area (Å²) in [4.78, 5) is 51.0. The van der Waals surface area contributed by atoms with Crippen LogP contribution in [0.3, 0.4) is 0 Å². The maximum Gasteiger partial charge on any atom is 0.472 e. The van der Waals surface area contributed by atoms with Gasteiger partial charge in [-0.05, 0) is 70.6 Å². The van der Waals surface area contributed by atoms with Crippen molar-refractivity contribution < 1.29 is 117 Å². The van der Waals surface area contributed by atoms with Crippen LogP contribution >= 0.6 is 7.82 Å². The van der Waals surface area contributed by atoms with Gasteiger partial charge in [-0.3, -0.25) is 23.4 Å². The second-order valence-electron chi connectivity index (χ2n) is 27.4. The number of hydrogen-bond acceptors (Lipinski definition) is 23. The van der Waals surface area contributed by atoms with Crippen LogP contribution in [0, 0.1) is 0 Å². The number of hydrogen-bond donors (Lipinski definition) is 11. The highest BCUT2D eigenvalue weighted by molar-refractivity contribution is 7.47. The molecule has 0 bridgehead atoms. The Morgan fingerprint density at radius 3 is 1.11 bits per heavy atom. The number of ether oxygens (including phenoxy) is 7. The van der Waals surface area contributed by atoms with Crippen molar-refractivity contribution >= 4 is 25.7 Å². The fourth-order valence-electron chi connectivity index (χ4n) is 12.5. The molecule has 0 spiro atoms. The van der Waals surface area contributed by atoms with E-state index in [1.807, 2.05) is 0 Å². The van der Waals surface area contributed by atoms with E-state index in [2.05, 4.69) is 45.1 Å². The van der Waals surface area contributed by atoms with Gasteiger partial charge in [-0.1, -0.05) is 225 Å². The lowest BCUT2D eigenvalue weighted by molar-refractivity contribution is -0.360. The first-order valence-corrected chi connectivity index (χ1v) is 39.6. The number of esters is 3. The third kappa shape index (κ3) is 37.7. The topological polar surface area (TPSA) is 374 Å². The number of rotatable bonds is 59. The predicted molar refractivity (Wildman–Crippen MR) is 370 cm³/mol. The lowest BCUT2D eigenvalue weighted by atomic mass is 9.84. The van der Waals surface area contributed by atoms with Crippen molar-refractivity contribution in [3.8, 4) is 0 Å². The molecule has 574 valence electrons. The molecule has 11 N–H and O–H groups in total. The molecule has 18 unspecified atom stereocenters. The molecule has 1 aliphatic carbocycles. The van der Waals surface area contributed by atoms with Gasteiger partial charge in [-0.15, -0.1) is 0 Å². The highest BCUT2D eigenvalue weighted by atomic mass is 31.2. The Balaban J connectivity index is 1.74. The molecule has 2 aliphatic heterocycles. The summed E-state index contributed by atoms with van der Waals surface area (Å²) in [5.41, 5.74) is 0. The molecule has 3 fully saturated rings. The summed E-state index contributed by atoms with van der Waals surface area (Å²) in [6.07, 6.45) is 15.3. The van der Waals surface area contributed by atoms with Gasteiger partial charge in [0, 0.05) is 19.3 Å². The van der Waals surface area contributed by atoms with Gasteiger partial charge in [0.25, 0.3) is 0 Å². The van der Waals surface area contributed by atoms with Crippen LogP contribution in [0.5, 0.6) is 0 Å². The molecule has 3 rings (SSSR count). The minimum absolute atomic E-state index is 0.00800. The molecule has 0 amide bonds. The summed E-state index contributed by atoms with van der Waals surface area (Å²) in [7, 11) is -5.70. The zero-order valence-corrected chi connectivity index (χ0v) is 60.7. The van der Waals surface area contributed by atoms with Gasteiger partial charge in [0.1, 0.15) is 98.7 Å². The maximum absolute atomic E-state index is 14.3. The number of phosphoric ester groups is 1. The van der Waals surface area contributed by atoms with Crippen LogP contribution < -0.4 is 0 Å². The summed E-state index contributed by atoms with van der Waals surface area (Å²) in [5, 5.41) is 110. The fraction of sp³-hybridized carbons (Fsp3) is 0.904. The van der Waals surface area contributed by atoms with E-state index in [1.54, 1.807) is 0 Å². The number of aliphatic hydroxyl groups is 10. The van der Waals surface area contributed by atoms with Crippen molar-refractivity contribution in [2.45, 2.75) is 395 Å². The Morgan fingerprint density at radius 1 is 0.388 bits per heavy atom. The van der Waals surface area contributed by atoms with Crippen molar-refractivity contribution in [1.29, 1.82) is 0 Å². The van der Waals surface area contributed by atoms with E-state index in [0.29, 0.717) is 19.3 Å². The molecule has 0 aromatic rings. The standard InChI is InChI=1S/C73H133O24P/c1-4-7-10-13-16-19-22-25-28-31-34-37-40-43-46-49-59(77)92-54(51-89-57(75)47-44-41-38-35-32-29-26-23-20-17-14-11-8-5-2)52-91-98(87,88)97-71-69(95-72-67(85)62(80)60(78)55(50-74)93-72)65(83)64(82)66(84)70(71)96-73-68(86)63(81)61(79)56(94-73)53-90-58(76)48-45-42-39-36-33-30-27-24-21-18-15-12-9-6-3/h29-30,32-33,54-56,60-74,78-86H,4-28,31,34-53H2,1-3H3,(H,87,88)/b32-29-,33-30-. The SMILES string of the molecule is CCCCCCCCC/C=C\CCCCCC(=O)OCC(COP(=O)(O)OC1C(OC2OC(CO)C(O)C(O)C2O)C(O)C(O)C(O)C1OC1OC(COC(=O)CCCCC/C=C\CCCCCCCCC)C(O)C(O)C1O)OC(=O)CCCCCCCCCCCCCCCCC. The molecule has 3 aliphatic rings. The first-order valence-electron chi connectivity index (χ1n) is 38.1. The summed E-state index contributed by atoms with van der Waals surface area (Å²) < 4.78 is 65.0. The predicted octanol–water partition coefficient (Wildman–Crippen LogP) is 10.5. The molecule has 0 aromatic heterocycles. The van der Waals surface area contributed by atoms with Crippen molar-refractivity contribution in [3.63, 3.8) is 0 Å². The van der Waals surface area contributed by atoms with Gasteiger partial charge < -0.3 is 89.1 Å². The molecule has 18 atom stereocenters. The van der Waals surface area contributed by atoms with Crippen LogP contribution in [0.1, 0.15) is 290 Å². The third-order valence-electron chi connectivity index (χ3n) is 18.7. The Hall–Kier alpha value is -2.56. The smallest absolute Gasteiger partial charge is 0.463 e. The van der Waals surface area contributed by atoms with Crippen molar-refractivity contribution in [2.75, 3.05) is 26.4 Å². The van der Waals surface area contributed by atoms with E-state index < -0.39 is 156 Å². The van der Waals surface area contributed by atoms with Crippen LogP contribution in [0.2, 0.25) is 0 Å². The van der Waals surface area contributed by atoms with Crippen molar-refractivity contribution in [1.82, 2.24) is 0 Å². The lowest BCUT2D eigenvalue weighted by Crippen LogP contribution is -2.69. The largest absolute Gasteiger partial charge is 0.472 e. The number of unbranched alkanes of at least 4 members (excludes halogenated alkanes) is 34. The van der Waals surface area contributed by atoms with Gasteiger partial charge in [-0.2, -0.15) is 0 Å². The summed E-state index contributed by atoms with van der Waals surface area (Å²) in [5.74, 6) is -2.02. The average molecular weight is 1430 g/mol. The van der Waals surface area contributed by atoms with Gasteiger partial charge in [-0.25, -0.2) is 4.57 Å². The highest BCUT2D eigenvalue weighted by Crippen LogP contribution is 2.49. The van der Waals surface area contributed by atoms with Gasteiger partial charge in [0.15, 0.2) is 18.7 Å². The second kappa shape index (κ2) is 55.0. The molecular formula is C73H133O24P. The number of carbonyl (C=O) groups is 3. The van der Waals surface area contributed by atoms with Crippen molar-refractivity contribution in [2.24, 2.45) is 0 Å². The first kappa shape index (κ1) is 89.7. The zero-order valence-electron chi connectivity index (χ0n) is 59.8. The van der Waals surface area contributed by atoms with Gasteiger partial charge >= 0.3 is 25.7 Å². The molecule has 2 saturated heterocycles. The Morgan fingerprint density at radius 2 is 0.714 bits per heavy atom. The van der Waals surface area contributed by atoms with Gasteiger partial charge in [0.05, 0.1) is 13.2 Å². The monoisotopic (exact) mass is 1420 g/mol.